The van der Waals surface area contributed by atoms with Crippen molar-refractivity contribution < 1.29 is 13.3 Å². The summed E-state index contributed by atoms with van der Waals surface area (Å²) in [5, 5.41) is 4.97. The number of sulfonamides is 1. The summed E-state index contributed by atoms with van der Waals surface area (Å²) in [7, 11) is -3.33. The largest absolute Gasteiger partial charge is 0.328 e. The van der Waals surface area contributed by atoms with E-state index in [9.17, 15) is 8.42 Å². The van der Waals surface area contributed by atoms with Gasteiger partial charge in [0.1, 0.15) is 21.5 Å². The summed E-state index contributed by atoms with van der Waals surface area (Å²) in [4.78, 5) is 6.16. The molecule has 0 unspecified atom stereocenters. The van der Waals surface area contributed by atoms with Crippen LogP contribution in [0.5, 0.6) is 0 Å². The molecule has 5 nitrogen and oxygen atoms in total. The fraction of sp³-hybridized carbons (Fsp3) is 0.316. The molecule has 1 saturated heterocycles. The van der Waals surface area contributed by atoms with Crippen LogP contribution in [0.2, 0.25) is 0 Å². The molecule has 0 saturated carbocycles. The zero-order valence-corrected chi connectivity index (χ0v) is 17.5. The molecule has 0 spiro atoms. The molecule has 27 heavy (non-hydrogen) atoms. The maximum Gasteiger partial charge on any atom is 0.252 e. The lowest BCUT2D eigenvalue weighted by atomic mass is 10.2. The van der Waals surface area contributed by atoms with E-state index in [0.29, 0.717) is 17.3 Å². The normalized spacial score (nSPS) is 16.6. The summed E-state index contributed by atoms with van der Waals surface area (Å²) in [5.41, 5.74) is 3.48. The zero-order valence-electron chi connectivity index (χ0n) is 15.1. The predicted molar refractivity (Wildman–Crippen MR) is 110 cm³/mol. The van der Waals surface area contributed by atoms with E-state index in [-0.39, 0.29) is 0 Å². The molecule has 8 heteroatoms. The fourth-order valence-corrected chi connectivity index (χ4v) is 6.64. The standard InChI is InChI=1S/C19H21N3O2S3/c1-15-4-6-16(7-5-15)19-20-17(14-26-19)13-21-8-10-22(11-9-21)27(23,24)18-3-2-12-25-18/h2-7,12,14H,8-11,13H2,1H3/p+1. The lowest BCUT2D eigenvalue weighted by Crippen LogP contribution is -3.13. The molecule has 1 N–H and O–H groups in total. The van der Waals surface area contributed by atoms with Crippen molar-refractivity contribution in [3.05, 3.63) is 58.4 Å². The van der Waals surface area contributed by atoms with Gasteiger partial charge < -0.3 is 4.90 Å². The second kappa shape index (κ2) is 7.81. The van der Waals surface area contributed by atoms with Crippen LogP contribution in [-0.2, 0) is 16.6 Å². The SMILES string of the molecule is Cc1ccc(-c2nc(C[NH+]3CCN(S(=O)(=O)c4cccs4)CC3)cs2)cc1. The highest BCUT2D eigenvalue weighted by Crippen LogP contribution is 2.24. The van der Waals surface area contributed by atoms with Gasteiger partial charge >= 0.3 is 0 Å². The van der Waals surface area contributed by atoms with Crippen LogP contribution >= 0.6 is 22.7 Å². The summed E-state index contributed by atoms with van der Waals surface area (Å²) >= 11 is 2.95. The molecule has 0 radical (unpaired) electrons. The maximum atomic E-state index is 12.6. The van der Waals surface area contributed by atoms with E-state index in [1.807, 2.05) is 5.38 Å². The number of nitrogens with one attached hydrogen (secondary N) is 1. The number of benzene rings is 1. The summed E-state index contributed by atoms with van der Waals surface area (Å²) in [5.74, 6) is 0. The number of thiazole rings is 1. The molecule has 3 aromatic rings. The van der Waals surface area contributed by atoms with E-state index in [0.717, 1.165) is 35.9 Å². The average molecular weight is 421 g/mol. The van der Waals surface area contributed by atoms with Crippen molar-refractivity contribution in [2.45, 2.75) is 17.7 Å². The number of piperazine rings is 1. The lowest BCUT2D eigenvalue weighted by Gasteiger charge is -2.30. The highest BCUT2D eigenvalue weighted by Gasteiger charge is 2.31. The molecule has 0 aliphatic carbocycles. The van der Waals surface area contributed by atoms with Crippen molar-refractivity contribution in [2.24, 2.45) is 0 Å². The first-order valence-corrected chi connectivity index (χ1v) is 12.1. The zero-order chi connectivity index (χ0) is 18.9. The Balaban J connectivity index is 1.37. The first kappa shape index (κ1) is 18.8. The van der Waals surface area contributed by atoms with Crippen LogP contribution in [0.1, 0.15) is 11.3 Å². The quantitative estimate of drug-likeness (QED) is 0.689. The Morgan fingerprint density at radius 3 is 2.52 bits per heavy atom. The Kier molecular flexibility index (Phi) is 5.43. The van der Waals surface area contributed by atoms with Gasteiger partial charge in [0.15, 0.2) is 0 Å². The van der Waals surface area contributed by atoms with Crippen LogP contribution in [0.3, 0.4) is 0 Å². The van der Waals surface area contributed by atoms with Crippen molar-refractivity contribution in [3.63, 3.8) is 0 Å². The number of quaternary nitrogens is 1. The minimum Gasteiger partial charge on any atom is -0.328 e. The average Bonchev–Trinajstić information content (AvgIpc) is 3.35. The lowest BCUT2D eigenvalue weighted by molar-refractivity contribution is -0.917. The number of rotatable bonds is 5. The topological polar surface area (TPSA) is 54.7 Å². The third-order valence-electron chi connectivity index (χ3n) is 4.80. The minimum absolute atomic E-state index is 0.438. The first-order chi connectivity index (χ1) is 13.0. The first-order valence-electron chi connectivity index (χ1n) is 8.91. The van der Waals surface area contributed by atoms with Crippen molar-refractivity contribution in [1.82, 2.24) is 9.29 Å². The van der Waals surface area contributed by atoms with Crippen molar-refractivity contribution in [3.8, 4) is 10.6 Å². The predicted octanol–water partition coefficient (Wildman–Crippen LogP) is 2.27. The molecule has 4 rings (SSSR count). The van der Waals surface area contributed by atoms with Crippen LogP contribution in [0.4, 0.5) is 0 Å². The Bertz CT molecular complexity index is 987. The number of aryl methyl sites for hydroxylation is 1. The van der Waals surface area contributed by atoms with Crippen molar-refractivity contribution in [2.75, 3.05) is 26.2 Å². The van der Waals surface area contributed by atoms with Gasteiger partial charge in [0, 0.05) is 10.9 Å². The molecule has 2 aromatic heterocycles. The summed E-state index contributed by atoms with van der Waals surface area (Å²) in [6.45, 7) is 5.66. The van der Waals surface area contributed by atoms with Gasteiger partial charge in [-0.15, -0.1) is 22.7 Å². The highest BCUT2D eigenvalue weighted by molar-refractivity contribution is 7.91. The molecule has 0 bridgehead atoms. The molecule has 142 valence electrons. The number of thiophene rings is 1. The van der Waals surface area contributed by atoms with Gasteiger partial charge in [-0.05, 0) is 18.4 Å². The maximum absolute atomic E-state index is 12.6. The molecular formula is C19H22N3O2S3+. The monoisotopic (exact) mass is 420 g/mol. The second-order valence-corrected chi connectivity index (χ2v) is 10.7. The third kappa shape index (κ3) is 4.14. The van der Waals surface area contributed by atoms with E-state index in [2.05, 4.69) is 36.6 Å². The number of hydrogen-bond acceptors (Lipinski definition) is 5. The molecule has 1 aliphatic rings. The van der Waals surface area contributed by atoms with Crippen LogP contribution in [0.15, 0.2) is 51.4 Å². The Morgan fingerprint density at radius 2 is 1.85 bits per heavy atom. The summed E-state index contributed by atoms with van der Waals surface area (Å²) in [6, 6.07) is 11.9. The second-order valence-electron chi connectivity index (χ2n) is 6.77. The van der Waals surface area contributed by atoms with E-state index in [1.165, 1.54) is 21.8 Å². The Morgan fingerprint density at radius 1 is 1.11 bits per heavy atom. The smallest absolute Gasteiger partial charge is 0.252 e. The van der Waals surface area contributed by atoms with E-state index >= 15 is 0 Å². The number of hydrogen-bond donors (Lipinski definition) is 1. The van der Waals surface area contributed by atoms with Crippen molar-refractivity contribution in [1.29, 1.82) is 0 Å². The van der Waals surface area contributed by atoms with Crippen LogP contribution < -0.4 is 4.90 Å². The number of aromatic nitrogens is 1. The van der Waals surface area contributed by atoms with E-state index < -0.39 is 10.0 Å². The van der Waals surface area contributed by atoms with Crippen LogP contribution in [-0.4, -0.2) is 43.9 Å². The third-order valence-corrected chi connectivity index (χ3v) is 9.01. The van der Waals surface area contributed by atoms with Gasteiger partial charge in [0.2, 0.25) is 0 Å². The minimum atomic E-state index is -3.33. The van der Waals surface area contributed by atoms with Crippen LogP contribution in [0.25, 0.3) is 10.6 Å². The summed E-state index contributed by atoms with van der Waals surface area (Å²) in [6.07, 6.45) is 0. The van der Waals surface area contributed by atoms with Crippen LogP contribution in [0, 0.1) is 6.92 Å². The highest BCUT2D eigenvalue weighted by atomic mass is 32.2. The van der Waals surface area contributed by atoms with Gasteiger partial charge in [0.05, 0.1) is 26.2 Å². The van der Waals surface area contributed by atoms with E-state index in [1.54, 1.807) is 27.8 Å². The molecule has 3 heterocycles. The molecule has 1 aromatic carbocycles. The van der Waals surface area contributed by atoms with Gasteiger partial charge in [-0.3, -0.25) is 0 Å². The molecule has 1 fully saturated rings. The Labute approximate surface area is 168 Å². The fourth-order valence-electron chi connectivity index (χ4n) is 3.23. The summed E-state index contributed by atoms with van der Waals surface area (Å²) < 4.78 is 27.3. The van der Waals surface area contributed by atoms with Gasteiger partial charge in [-0.2, -0.15) is 4.31 Å². The van der Waals surface area contributed by atoms with Crippen molar-refractivity contribution >= 4 is 32.7 Å². The molecule has 0 amide bonds. The molecular weight excluding hydrogens is 398 g/mol. The Hall–Kier alpha value is -1.58. The number of nitrogens with zero attached hydrogens (tertiary/aromatic N) is 2. The van der Waals surface area contributed by atoms with Gasteiger partial charge in [-0.25, -0.2) is 13.4 Å². The van der Waals surface area contributed by atoms with E-state index in [4.69, 9.17) is 4.98 Å². The van der Waals surface area contributed by atoms with Gasteiger partial charge in [-0.1, -0.05) is 35.9 Å². The molecule has 1 aliphatic heterocycles. The van der Waals surface area contributed by atoms with Gasteiger partial charge in [0.25, 0.3) is 10.0 Å². The molecule has 0 atom stereocenters.